The third kappa shape index (κ3) is 4.41. The Morgan fingerprint density at radius 1 is 1.14 bits per heavy atom. The van der Waals surface area contributed by atoms with E-state index in [1.807, 2.05) is 13.8 Å². The largest absolute Gasteiger partial charge is 0.507 e. The van der Waals surface area contributed by atoms with Gasteiger partial charge in [0.25, 0.3) is 6.02 Å². The zero-order chi connectivity index (χ0) is 31.6. The van der Waals surface area contributed by atoms with Crippen molar-refractivity contribution in [2.24, 2.45) is 35.1 Å². The van der Waals surface area contributed by atoms with Crippen LogP contribution in [0.25, 0.3) is 0 Å². The maximum Gasteiger partial charge on any atom is 0.278 e. The van der Waals surface area contributed by atoms with E-state index in [9.17, 15) is 39.3 Å². The highest BCUT2D eigenvalue weighted by atomic mass is 16.5. The number of amides is 1. The van der Waals surface area contributed by atoms with E-state index in [1.54, 1.807) is 19.1 Å². The van der Waals surface area contributed by atoms with E-state index in [0.717, 1.165) is 0 Å². The van der Waals surface area contributed by atoms with E-state index in [-0.39, 0.29) is 17.9 Å². The fourth-order valence-electron chi connectivity index (χ4n) is 7.37. The minimum atomic E-state index is -3.04. The maximum absolute atomic E-state index is 14.1. The minimum absolute atomic E-state index is 0.146. The molecule has 4 rings (SSSR count). The van der Waals surface area contributed by atoms with Gasteiger partial charge in [0, 0.05) is 11.5 Å². The number of phenolic OH excluding ortho intramolecular Hbond substituents is 1. The summed E-state index contributed by atoms with van der Waals surface area (Å²) in [6, 6.07) is 1.49. The lowest BCUT2D eigenvalue weighted by atomic mass is 9.49. The molecule has 8 unspecified atom stereocenters. The molecule has 0 aromatic heterocycles. The molecule has 0 saturated heterocycles. The molecule has 1 aromatic carbocycles. The van der Waals surface area contributed by atoms with Crippen molar-refractivity contribution in [3.63, 3.8) is 0 Å². The maximum atomic E-state index is 14.1. The summed E-state index contributed by atoms with van der Waals surface area (Å²) in [5, 5.41) is 42.1. The number of amidine groups is 1. The second-order valence-corrected chi connectivity index (χ2v) is 12.5. The molecule has 228 valence electrons. The summed E-state index contributed by atoms with van der Waals surface area (Å²) < 4.78 is 5.00. The number of aliphatic hydroxyl groups excluding tert-OH is 1. The van der Waals surface area contributed by atoms with Gasteiger partial charge in [-0.1, -0.05) is 32.9 Å². The van der Waals surface area contributed by atoms with Crippen LogP contribution < -0.4 is 11.5 Å². The molecule has 1 amide bonds. The molecule has 0 radical (unpaired) electrons. The summed E-state index contributed by atoms with van der Waals surface area (Å²) in [6.45, 7) is 5.52. The molecule has 3 aliphatic carbocycles. The van der Waals surface area contributed by atoms with Crippen LogP contribution in [0.3, 0.4) is 0 Å². The number of ether oxygens (including phenoxy) is 1. The van der Waals surface area contributed by atoms with Crippen molar-refractivity contribution in [1.29, 1.82) is 5.41 Å². The number of nitrogens with zero attached hydrogens (tertiary/aromatic N) is 1. The highest BCUT2D eigenvalue weighted by molar-refractivity contribution is 6.32. The monoisotopic (exact) mass is 586 g/mol. The molecule has 2 saturated carbocycles. The minimum Gasteiger partial charge on any atom is -0.507 e. The van der Waals surface area contributed by atoms with Gasteiger partial charge in [0.2, 0.25) is 5.91 Å². The fourth-order valence-corrected chi connectivity index (χ4v) is 7.37. The van der Waals surface area contributed by atoms with Crippen molar-refractivity contribution in [2.75, 3.05) is 20.7 Å². The number of ketones is 4. The first-order valence-corrected chi connectivity index (χ1v) is 13.8. The van der Waals surface area contributed by atoms with E-state index >= 15 is 0 Å². The Bertz CT molecular complexity index is 1390. The zero-order valence-corrected chi connectivity index (χ0v) is 24.2. The van der Waals surface area contributed by atoms with Crippen molar-refractivity contribution in [3.8, 4) is 5.75 Å². The average molecular weight is 587 g/mol. The zero-order valence-electron chi connectivity index (χ0n) is 24.2. The van der Waals surface area contributed by atoms with Gasteiger partial charge in [0.1, 0.15) is 5.75 Å². The van der Waals surface area contributed by atoms with E-state index in [2.05, 4.69) is 0 Å². The molecule has 0 spiro atoms. The molecule has 13 heteroatoms. The number of nitrogens with one attached hydrogen (secondary N) is 1. The molecule has 2 fully saturated rings. The molecular formula is C29H38N4O9. The lowest BCUT2D eigenvalue weighted by molar-refractivity contribution is -0.196. The molecule has 13 nitrogen and oxygen atoms in total. The molecule has 42 heavy (non-hydrogen) atoms. The van der Waals surface area contributed by atoms with E-state index in [0.29, 0.717) is 24.0 Å². The Labute approximate surface area is 242 Å². The van der Waals surface area contributed by atoms with Gasteiger partial charge in [-0.25, -0.2) is 0 Å². The van der Waals surface area contributed by atoms with E-state index < -0.39 is 87.8 Å². The van der Waals surface area contributed by atoms with Crippen molar-refractivity contribution in [2.45, 2.75) is 62.7 Å². The standard InChI is InChI=1S/C29H38N4O9/c1-11-12-7-8-13(28(2,3)9-6-10-42-27(31)32)20(34)15(12)21(35)16-14(11)22(36)18-19(33(4)5)23(37)17(26(30)40)25(39)29(18,41)24(16)38/h7-8,11,14,16-19,22,34,36,41H,6,9-10H2,1-5H3,(H2,30,40)(H3,31,32). The number of Topliss-reactive ketones (excluding diaryl/α,β-unsaturated/α-hetero) is 4. The first kappa shape index (κ1) is 31.3. The van der Waals surface area contributed by atoms with Crippen LogP contribution in [-0.4, -0.2) is 93.7 Å². The number of phenols is 1. The van der Waals surface area contributed by atoms with Gasteiger partial charge in [-0.3, -0.25) is 34.3 Å². The summed E-state index contributed by atoms with van der Waals surface area (Å²) >= 11 is 0. The molecule has 8 N–H and O–H groups in total. The normalized spacial score (nSPS) is 32.7. The summed E-state index contributed by atoms with van der Waals surface area (Å²) in [6.07, 6.45) is -0.727. The molecule has 8 atom stereocenters. The van der Waals surface area contributed by atoms with Crippen molar-refractivity contribution in [3.05, 3.63) is 28.8 Å². The highest BCUT2D eigenvalue weighted by Crippen LogP contribution is 2.55. The van der Waals surface area contributed by atoms with Crippen molar-refractivity contribution < 1.29 is 44.0 Å². The van der Waals surface area contributed by atoms with Crippen molar-refractivity contribution in [1.82, 2.24) is 4.90 Å². The lowest BCUT2D eigenvalue weighted by Crippen LogP contribution is -2.77. The van der Waals surface area contributed by atoms with Crippen LogP contribution in [0, 0.1) is 29.1 Å². The SMILES string of the molecule is CC1c2ccc(C(C)(C)CCCOC(=N)N)c(O)c2C(=O)C2C(=O)C3(O)C(=O)C(C(N)=O)C(=O)C(N(C)C)C3C(O)C21. The number of primary amides is 1. The van der Waals surface area contributed by atoms with Gasteiger partial charge < -0.3 is 31.5 Å². The number of aromatic hydroxyl groups is 1. The van der Waals surface area contributed by atoms with Crippen LogP contribution in [0.15, 0.2) is 12.1 Å². The third-order valence-corrected chi connectivity index (χ3v) is 9.42. The summed E-state index contributed by atoms with van der Waals surface area (Å²) in [7, 11) is 2.89. The van der Waals surface area contributed by atoms with Gasteiger partial charge in [-0.2, -0.15) is 0 Å². The molecule has 0 bridgehead atoms. The van der Waals surface area contributed by atoms with Crippen molar-refractivity contribution >= 4 is 35.1 Å². The number of benzene rings is 1. The Morgan fingerprint density at radius 2 is 1.76 bits per heavy atom. The van der Waals surface area contributed by atoms with Crippen LogP contribution in [0.4, 0.5) is 0 Å². The molecular weight excluding hydrogens is 548 g/mol. The molecule has 0 heterocycles. The number of rotatable bonds is 7. The first-order valence-electron chi connectivity index (χ1n) is 13.8. The molecule has 0 aliphatic heterocycles. The van der Waals surface area contributed by atoms with Crippen LogP contribution in [-0.2, 0) is 29.3 Å². The Morgan fingerprint density at radius 3 is 2.31 bits per heavy atom. The predicted octanol–water partition coefficient (Wildman–Crippen LogP) is -0.633. The Kier molecular flexibility index (Phi) is 7.85. The summed E-state index contributed by atoms with van der Waals surface area (Å²) in [4.78, 5) is 68.4. The predicted molar refractivity (Wildman–Crippen MR) is 148 cm³/mol. The van der Waals surface area contributed by atoms with Crippen LogP contribution in [0.5, 0.6) is 5.75 Å². The average Bonchev–Trinajstić information content (AvgIpc) is 2.88. The van der Waals surface area contributed by atoms with Crippen LogP contribution in [0.1, 0.15) is 61.0 Å². The topological polar surface area (TPSA) is 234 Å². The van der Waals surface area contributed by atoms with Gasteiger partial charge >= 0.3 is 0 Å². The van der Waals surface area contributed by atoms with Crippen LogP contribution >= 0.6 is 0 Å². The third-order valence-electron chi connectivity index (χ3n) is 9.42. The van der Waals surface area contributed by atoms with Crippen LogP contribution in [0.2, 0.25) is 0 Å². The second kappa shape index (κ2) is 10.5. The molecule has 3 aliphatic rings. The molecule has 1 aromatic rings. The van der Waals surface area contributed by atoms with Gasteiger partial charge in [-0.05, 0) is 43.8 Å². The number of nitrogens with two attached hydrogens (primary N) is 2. The van der Waals surface area contributed by atoms with Gasteiger partial charge in [0.05, 0.1) is 36.2 Å². The lowest BCUT2D eigenvalue weighted by Gasteiger charge is -2.56. The smallest absolute Gasteiger partial charge is 0.278 e. The summed E-state index contributed by atoms with van der Waals surface area (Å²) in [5.41, 5.74) is 7.47. The number of aliphatic hydroxyl groups is 2. The number of carbonyl (C=O) groups is 5. The quantitative estimate of drug-likeness (QED) is 0.102. The summed E-state index contributed by atoms with van der Waals surface area (Å²) in [5.74, 6) is -13.6. The number of likely N-dealkylation sites (N-methyl/N-ethyl adjacent to an activating group) is 1. The number of fused-ring (bicyclic) bond motifs is 3. The Balaban J connectivity index is 1.82. The second-order valence-electron chi connectivity index (χ2n) is 12.5. The number of hydrogen-bond acceptors (Lipinski definition) is 11. The fraction of sp³-hybridized carbons (Fsp3) is 0.586. The Hall–Kier alpha value is -3.68. The van der Waals surface area contributed by atoms with E-state index in [1.165, 1.54) is 19.0 Å². The van der Waals surface area contributed by atoms with E-state index in [4.69, 9.17) is 21.6 Å². The number of carbonyl (C=O) groups excluding carboxylic acids is 5. The highest BCUT2D eigenvalue weighted by Gasteiger charge is 2.72. The van der Waals surface area contributed by atoms with Gasteiger partial charge in [0.15, 0.2) is 34.7 Å². The first-order chi connectivity index (χ1) is 19.4. The van der Waals surface area contributed by atoms with Gasteiger partial charge in [-0.15, -0.1) is 0 Å². The number of hydrogen-bond donors (Lipinski definition) is 6.